The second-order valence-electron chi connectivity index (χ2n) is 6.37. The number of fused-ring (bicyclic) bond motifs is 1. The molecule has 4 aromatic rings. The number of nitrogens with zero attached hydrogens (tertiary/aromatic N) is 2. The Bertz CT molecular complexity index is 1320. The summed E-state index contributed by atoms with van der Waals surface area (Å²) in [6.45, 7) is 0.367. The molecule has 0 atom stereocenters. The molecule has 0 radical (unpaired) electrons. The summed E-state index contributed by atoms with van der Waals surface area (Å²) in [5, 5.41) is 7.21. The van der Waals surface area contributed by atoms with E-state index in [9.17, 15) is 8.42 Å². The fourth-order valence-corrected chi connectivity index (χ4v) is 4.96. The minimum absolute atomic E-state index is 0.165. The molecular weight excluding hydrogens is 497 g/mol. The van der Waals surface area contributed by atoms with E-state index >= 15 is 0 Å². The first-order chi connectivity index (χ1) is 13.8. The van der Waals surface area contributed by atoms with Gasteiger partial charge in [0.15, 0.2) is 5.82 Å². The highest BCUT2D eigenvalue weighted by molar-refractivity contribution is 9.10. The quantitative estimate of drug-likeness (QED) is 0.360. The van der Waals surface area contributed by atoms with E-state index in [0.717, 1.165) is 16.3 Å². The van der Waals surface area contributed by atoms with E-state index in [1.807, 2.05) is 24.3 Å². The molecule has 0 aliphatic rings. The average molecular weight is 511 g/mol. The van der Waals surface area contributed by atoms with Crippen LogP contribution in [0.15, 0.2) is 76.2 Å². The fourth-order valence-electron chi connectivity index (χ4n) is 2.89. The van der Waals surface area contributed by atoms with Crippen molar-refractivity contribution in [2.45, 2.75) is 11.4 Å². The zero-order valence-corrected chi connectivity index (χ0v) is 18.7. The van der Waals surface area contributed by atoms with Gasteiger partial charge in [0.2, 0.25) is 0 Å². The maximum atomic E-state index is 12.8. The van der Waals surface area contributed by atoms with E-state index in [1.165, 1.54) is 0 Å². The number of aromatic nitrogens is 2. The second-order valence-corrected chi connectivity index (χ2v) is 9.75. The highest BCUT2D eigenvalue weighted by atomic mass is 79.9. The molecular formula is C20H14BrCl2N3O2S. The normalized spacial score (nSPS) is 11.7. The van der Waals surface area contributed by atoms with Gasteiger partial charge in [0.25, 0.3) is 10.0 Å². The lowest BCUT2D eigenvalue weighted by Gasteiger charge is -2.08. The molecule has 0 aliphatic carbocycles. The SMILES string of the molecule is O=S(=O)(Nc1nn(Cc2ccc(Cl)cc2Cl)cc1Br)c1ccc2ccccc2c1. The van der Waals surface area contributed by atoms with Crippen molar-refractivity contribution in [3.8, 4) is 0 Å². The van der Waals surface area contributed by atoms with Gasteiger partial charge in [-0.05, 0) is 56.5 Å². The largest absolute Gasteiger partial charge is 0.265 e. The molecule has 0 bridgehead atoms. The molecule has 4 rings (SSSR count). The highest BCUT2D eigenvalue weighted by Gasteiger charge is 2.19. The summed E-state index contributed by atoms with van der Waals surface area (Å²) in [7, 11) is -3.80. The van der Waals surface area contributed by atoms with Gasteiger partial charge in [0, 0.05) is 16.2 Å². The molecule has 0 saturated heterocycles. The van der Waals surface area contributed by atoms with Gasteiger partial charge in [0.1, 0.15) is 0 Å². The summed E-state index contributed by atoms with van der Waals surface area (Å²) in [5.74, 6) is 0.197. The Labute approximate surface area is 186 Å². The molecule has 3 aromatic carbocycles. The minimum atomic E-state index is -3.80. The predicted molar refractivity (Wildman–Crippen MR) is 120 cm³/mol. The highest BCUT2D eigenvalue weighted by Crippen LogP contribution is 2.27. The molecule has 0 saturated carbocycles. The number of halogens is 3. The van der Waals surface area contributed by atoms with Crippen molar-refractivity contribution in [2.75, 3.05) is 4.72 Å². The molecule has 148 valence electrons. The molecule has 5 nitrogen and oxygen atoms in total. The summed E-state index contributed by atoms with van der Waals surface area (Å²) >= 11 is 15.5. The summed E-state index contributed by atoms with van der Waals surface area (Å²) in [5.41, 5.74) is 0.815. The number of hydrogen-bond donors (Lipinski definition) is 1. The Kier molecular flexibility index (Phi) is 5.57. The second kappa shape index (κ2) is 7.99. The number of rotatable bonds is 5. The lowest BCUT2D eigenvalue weighted by Crippen LogP contribution is -2.14. The smallest absolute Gasteiger partial charge is 0.263 e. The number of anilines is 1. The molecule has 9 heteroatoms. The maximum Gasteiger partial charge on any atom is 0.263 e. The van der Waals surface area contributed by atoms with Crippen LogP contribution in [-0.4, -0.2) is 18.2 Å². The zero-order chi connectivity index (χ0) is 20.6. The molecule has 0 fully saturated rings. The van der Waals surface area contributed by atoms with Crippen molar-refractivity contribution in [3.63, 3.8) is 0 Å². The summed E-state index contributed by atoms with van der Waals surface area (Å²) in [6, 6.07) is 17.8. The predicted octanol–water partition coefficient (Wildman–Crippen LogP) is 5.95. The first-order valence-electron chi connectivity index (χ1n) is 8.50. The first-order valence-corrected chi connectivity index (χ1v) is 11.5. The van der Waals surface area contributed by atoms with Crippen molar-refractivity contribution in [1.82, 2.24) is 9.78 Å². The Morgan fingerprint density at radius 3 is 2.52 bits per heavy atom. The lowest BCUT2D eigenvalue weighted by molar-refractivity contribution is 0.600. The Morgan fingerprint density at radius 2 is 1.76 bits per heavy atom. The third kappa shape index (κ3) is 4.43. The third-order valence-electron chi connectivity index (χ3n) is 4.33. The summed E-state index contributed by atoms with van der Waals surface area (Å²) in [4.78, 5) is 0.165. The monoisotopic (exact) mass is 509 g/mol. The summed E-state index contributed by atoms with van der Waals surface area (Å²) in [6.07, 6.45) is 1.68. The van der Waals surface area contributed by atoms with Crippen molar-refractivity contribution in [2.24, 2.45) is 0 Å². The van der Waals surface area contributed by atoms with E-state index in [4.69, 9.17) is 23.2 Å². The van der Waals surface area contributed by atoms with Crippen LogP contribution in [0.4, 0.5) is 5.82 Å². The van der Waals surface area contributed by atoms with E-state index in [-0.39, 0.29) is 10.7 Å². The Hall–Kier alpha value is -2.06. The maximum absolute atomic E-state index is 12.8. The minimum Gasteiger partial charge on any atom is -0.265 e. The average Bonchev–Trinajstić information content (AvgIpc) is 3.02. The standard InChI is InChI=1S/C20H14BrCl2N3O2S/c21-18-12-26(11-15-5-7-16(22)10-19(15)23)24-20(18)25-29(27,28)17-8-6-13-3-1-2-4-14(13)9-17/h1-10,12H,11H2,(H,24,25). The number of nitrogens with one attached hydrogen (secondary N) is 1. The molecule has 1 heterocycles. The third-order valence-corrected chi connectivity index (χ3v) is 6.83. The molecule has 1 aromatic heterocycles. The Morgan fingerprint density at radius 1 is 1.00 bits per heavy atom. The lowest BCUT2D eigenvalue weighted by atomic mass is 10.1. The molecule has 0 spiro atoms. The number of benzene rings is 3. The van der Waals surface area contributed by atoms with E-state index < -0.39 is 10.0 Å². The molecule has 0 unspecified atom stereocenters. The van der Waals surface area contributed by atoms with Gasteiger partial charge in [0.05, 0.1) is 15.9 Å². The molecule has 0 amide bonds. The molecule has 29 heavy (non-hydrogen) atoms. The van der Waals surface area contributed by atoms with Gasteiger partial charge < -0.3 is 0 Å². The zero-order valence-electron chi connectivity index (χ0n) is 14.8. The van der Waals surface area contributed by atoms with Crippen LogP contribution < -0.4 is 4.72 Å². The summed E-state index contributed by atoms with van der Waals surface area (Å²) < 4.78 is 30.3. The van der Waals surface area contributed by atoms with Crippen LogP contribution in [-0.2, 0) is 16.6 Å². The van der Waals surface area contributed by atoms with Gasteiger partial charge in [-0.2, -0.15) is 5.10 Å². The van der Waals surface area contributed by atoms with Crippen LogP contribution in [0.2, 0.25) is 10.0 Å². The van der Waals surface area contributed by atoms with Crippen molar-refractivity contribution in [3.05, 3.63) is 86.9 Å². The van der Waals surface area contributed by atoms with Crippen LogP contribution >= 0.6 is 39.1 Å². The van der Waals surface area contributed by atoms with Crippen LogP contribution in [0.5, 0.6) is 0 Å². The van der Waals surface area contributed by atoms with Gasteiger partial charge in [-0.15, -0.1) is 0 Å². The Balaban J connectivity index is 1.60. The fraction of sp³-hybridized carbons (Fsp3) is 0.0500. The number of hydrogen-bond acceptors (Lipinski definition) is 3. The van der Waals surface area contributed by atoms with Gasteiger partial charge >= 0.3 is 0 Å². The van der Waals surface area contributed by atoms with Gasteiger partial charge in [-0.25, -0.2) is 8.42 Å². The first kappa shape index (κ1) is 20.2. The van der Waals surface area contributed by atoms with Crippen LogP contribution in [0.25, 0.3) is 10.8 Å². The van der Waals surface area contributed by atoms with E-state index in [0.29, 0.717) is 21.1 Å². The molecule has 1 N–H and O–H groups in total. The van der Waals surface area contributed by atoms with Crippen molar-refractivity contribution in [1.29, 1.82) is 0 Å². The van der Waals surface area contributed by atoms with Crippen molar-refractivity contribution < 1.29 is 8.42 Å². The van der Waals surface area contributed by atoms with Crippen LogP contribution in [0.3, 0.4) is 0 Å². The van der Waals surface area contributed by atoms with Crippen LogP contribution in [0.1, 0.15) is 5.56 Å². The molecule has 0 aliphatic heterocycles. The van der Waals surface area contributed by atoms with Gasteiger partial charge in [-0.1, -0.05) is 59.6 Å². The number of sulfonamides is 1. The van der Waals surface area contributed by atoms with Crippen LogP contribution in [0, 0.1) is 0 Å². The van der Waals surface area contributed by atoms with E-state index in [2.05, 4.69) is 25.8 Å². The topological polar surface area (TPSA) is 64.0 Å². The van der Waals surface area contributed by atoms with Gasteiger partial charge in [-0.3, -0.25) is 9.40 Å². The van der Waals surface area contributed by atoms with Crippen molar-refractivity contribution >= 4 is 65.7 Å². The van der Waals surface area contributed by atoms with E-state index in [1.54, 1.807) is 47.3 Å².